The van der Waals surface area contributed by atoms with Gasteiger partial charge >= 0.3 is 6.18 Å². The molecule has 0 spiro atoms. The number of anilines is 1. The monoisotopic (exact) mass is 285 g/mol. The van der Waals surface area contributed by atoms with Crippen molar-refractivity contribution in [3.8, 4) is 6.07 Å². The van der Waals surface area contributed by atoms with Crippen molar-refractivity contribution in [1.82, 2.24) is 4.90 Å². The Morgan fingerprint density at radius 2 is 2.05 bits per heavy atom. The first kappa shape index (κ1) is 15.8. The van der Waals surface area contributed by atoms with Crippen LogP contribution in [0.15, 0.2) is 18.2 Å². The van der Waals surface area contributed by atoms with Gasteiger partial charge in [0.25, 0.3) is 0 Å². The molecule has 0 saturated carbocycles. The van der Waals surface area contributed by atoms with E-state index in [1.807, 2.05) is 0 Å². The van der Waals surface area contributed by atoms with E-state index in [9.17, 15) is 18.0 Å². The molecule has 1 rings (SSSR count). The number of nitrogens with one attached hydrogen (secondary N) is 1. The number of amides is 1. The summed E-state index contributed by atoms with van der Waals surface area (Å²) < 4.78 is 37.5. The summed E-state index contributed by atoms with van der Waals surface area (Å²) >= 11 is 0. The lowest BCUT2D eigenvalue weighted by molar-refractivity contribution is -0.137. The molecule has 0 fully saturated rings. The second-order valence-electron chi connectivity index (χ2n) is 4.33. The number of alkyl halides is 3. The van der Waals surface area contributed by atoms with Gasteiger partial charge in [-0.05, 0) is 18.2 Å². The van der Waals surface area contributed by atoms with E-state index in [1.54, 1.807) is 20.2 Å². The van der Waals surface area contributed by atoms with Gasteiger partial charge in [0, 0.05) is 27.1 Å². The van der Waals surface area contributed by atoms with E-state index < -0.39 is 11.7 Å². The highest BCUT2D eigenvalue weighted by Gasteiger charge is 2.31. The molecule has 0 aliphatic carbocycles. The van der Waals surface area contributed by atoms with Crippen molar-refractivity contribution in [2.75, 3.05) is 26.0 Å². The molecule has 0 aliphatic heterocycles. The zero-order valence-electron chi connectivity index (χ0n) is 11.1. The predicted octanol–water partition coefficient (Wildman–Crippen LogP) is 2.47. The minimum Gasteiger partial charge on any atom is -0.383 e. The summed E-state index contributed by atoms with van der Waals surface area (Å²) in [6.45, 7) is 0.247. The quantitative estimate of drug-likeness (QED) is 0.924. The molecule has 108 valence electrons. The predicted molar refractivity (Wildman–Crippen MR) is 68.0 cm³/mol. The summed E-state index contributed by atoms with van der Waals surface area (Å²) in [6.07, 6.45) is -4.29. The van der Waals surface area contributed by atoms with Crippen molar-refractivity contribution in [3.63, 3.8) is 0 Å². The Hall–Kier alpha value is -2.23. The summed E-state index contributed by atoms with van der Waals surface area (Å²) in [6, 6.07) is 4.59. The summed E-state index contributed by atoms with van der Waals surface area (Å²) in [5.74, 6) is -0.108. The Labute approximate surface area is 114 Å². The van der Waals surface area contributed by atoms with Crippen LogP contribution in [0.2, 0.25) is 0 Å². The largest absolute Gasteiger partial charge is 0.416 e. The third-order valence-electron chi connectivity index (χ3n) is 2.62. The van der Waals surface area contributed by atoms with Crippen molar-refractivity contribution < 1.29 is 18.0 Å². The van der Waals surface area contributed by atoms with E-state index in [0.717, 1.165) is 12.1 Å². The Balaban J connectivity index is 2.77. The second kappa shape index (κ2) is 6.28. The third kappa shape index (κ3) is 4.16. The lowest BCUT2D eigenvalue weighted by Gasteiger charge is -2.13. The van der Waals surface area contributed by atoms with Gasteiger partial charge in [0.05, 0.1) is 16.8 Å². The first-order valence-electron chi connectivity index (χ1n) is 5.81. The van der Waals surface area contributed by atoms with Gasteiger partial charge in [-0.15, -0.1) is 0 Å². The summed E-state index contributed by atoms with van der Waals surface area (Å²) in [5.41, 5.74) is -0.687. The molecule has 0 heterocycles. The van der Waals surface area contributed by atoms with Crippen LogP contribution in [0, 0.1) is 11.3 Å². The highest BCUT2D eigenvalue weighted by Crippen LogP contribution is 2.31. The van der Waals surface area contributed by atoms with Crippen LogP contribution in [0.25, 0.3) is 0 Å². The lowest BCUT2D eigenvalue weighted by Crippen LogP contribution is -2.24. The van der Waals surface area contributed by atoms with E-state index in [1.165, 1.54) is 11.0 Å². The second-order valence-corrected chi connectivity index (χ2v) is 4.33. The number of carbonyl (C=O) groups is 1. The number of halogens is 3. The zero-order chi connectivity index (χ0) is 15.3. The molecule has 0 radical (unpaired) electrons. The van der Waals surface area contributed by atoms with E-state index in [-0.39, 0.29) is 30.1 Å². The molecule has 0 unspecified atom stereocenters. The molecular formula is C13H14F3N3O. The maximum absolute atomic E-state index is 12.5. The van der Waals surface area contributed by atoms with Crippen molar-refractivity contribution >= 4 is 11.6 Å². The van der Waals surface area contributed by atoms with Crippen molar-refractivity contribution in [1.29, 1.82) is 5.26 Å². The lowest BCUT2D eigenvalue weighted by atomic mass is 10.1. The fraction of sp³-hybridized carbons (Fsp3) is 0.385. The summed E-state index contributed by atoms with van der Waals surface area (Å²) in [5, 5.41) is 11.7. The number of benzene rings is 1. The molecule has 0 bridgehead atoms. The average molecular weight is 285 g/mol. The highest BCUT2D eigenvalue weighted by atomic mass is 19.4. The maximum Gasteiger partial charge on any atom is 0.416 e. The fourth-order valence-electron chi connectivity index (χ4n) is 1.49. The molecule has 20 heavy (non-hydrogen) atoms. The van der Waals surface area contributed by atoms with Gasteiger partial charge in [0.2, 0.25) is 5.91 Å². The van der Waals surface area contributed by atoms with Crippen LogP contribution in [0.3, 0.4) is 0 Å². The van der Waals surface area contributed by atoms with E-state index in [0.29, 0.717) is 0 Å². The molecule has 0 saturated heterocycles. The average Bonchev–Trinajstić information content (AvgIpc) is 2.37. The molecular weight excluding hydrogens is 271 g/mol. The SMILES string of the molecule is CN(C)C(=O)CCNc1ccc(C(F)(F)F)cc1C#N. The molecule has 1 amide bonds. The number of nitrogens with zero attached hydrogens (tertiary/aromatic N) is 2. The zero-order valence-corrected chi connectivity index (χ0v) is 11.1. The van der Waals surface area contributed by atoms with Crippen LogP contribution >= 0.6 is 0 Å². The van der Waals surface area contributed by atoms with E-state index in [4.69, 9.17) is 5.26 Å². The Kier molecular flexibility index (Phi) is 4.97. The number of nitriles is 1. The normalized spacial score (nSPS) is 10.8. The molecule has 1 N–H and O–H groups in total. The maximum atomic E-state index is 12.5. The molecule has 4 nitrogen and oxygen atoms in total. The van der Waals surface area contributed by atoms with Crippen molar-refractivity contribution in [2.45, 2.75) is 12.6 Å². The number of hydrogen-bond acceptors (Lipinski definition) is 3. The highest BCUT2D eigenvalue weighted by molar-refractivity contribution is 5.76. The standard InChI is InChI=1S/C13H14F3N3O/c1-19(2)12(20)5-6-18-11-4-3-10(13(14,15)16)7-9(11)8-17/h3-4,7,18H,5-6H2,1-2H3. The van der Waals surface area contributed by atoms with Crippen LogP contribution in [0.1, 0.15) is 17.5 Å². The molecule has 0 aromatic heterocycles. The van der Waals surface area contributed by atoms with E-state index in [2.05, 4.69) is 5.32 Å². The van der Waals surface area contributed by atoms with Crippen LogP contribution < -0.4 is 5.32 Å². The first-order chi connectivity index (χ1) is 9.25. The van der Waals surface area contributed by atoms with Crippen LogP contribution in [-0.2, 0) is 11.0 Å². The van der Waals surface area contributed by atoms with Crippen LogP contribution in [0.5, 0.6) is 0 Å². The van der Waals surface area contributed by atoms with E-state index >= 15 is 0 Å². The minimum absolute atomic E-state index is 0.0999. The van der Waals surface area contributed by atoms with Gasteiger partial charge in [-0.3, -0.25) is 4.79 Å². The van der Waals surface area contributed by atoms with Crippen LogP contribution in [-0.4, -0.2) is 31.4 Å². The molecule has 0 atom stereocenters. The van der Waals surface area contributed by atoms with Gasteiger partial charge < -0.3 is 10.2 Å². The van der Waals surface area contributed by atoms with Gasteiger partial charge in [-0.2, -0.15) is 18.4 Å². The molecule has 1 aromatic rings. The Bertz CT molecular complexity index is 533. The molecule has 7 heteroatoms. The number of rotatable bonds is 4. The topological polar surface area (TPSA) is 56.1 Å². The van der Waals surface area contributed by atoms with Gasteiger partial charge in [-0.1, -0.05) is 0 Å². The van der Waals surface area contributed by atoms with Gasteiger partial charge in [0.1, 0.15) is 6.07 Å². The Morgan fingerprint density at radius 1 is 1.40 bits per heavy atom. The number of carbonyl (C=O) groups excluding carboxylic acids is 1. The first-order valence-corrected chi connectivity index (χ1v) is 5.81. The van der Waals surface area contributed by atoms with Crippen LogP contribution in [0.4, 0.5) is 18.9 Å². The third-order valence-corrected chi connectivity index (χ3v) is 2.62. The van der Waals surface area contributed by atoms with Gasteiger partial charge in [0.15, 0.2) is 0 Å². The number of hydrogen-bond donors (Lipinski definition) is 1. The fourth-order valence-corrected chi connectivity index (χ4v) is 1.49. The minimum atomic E-state index is -4.48. The van der Waals surface area contributed by atoms with Gasteiger partial charge in [-0.25, -0.2) is 0 Å². The molecule has 0 aliphatic rings. The van der Waals surface area contributed by atoms with Crippen molar-refractivity contribution in [2.24, 2.45) is 0 Å². The van der Waals surface area contributed by atoms with Crippen molar-refractivity contribution in [3.05, 3.63) is 29.3 Å². The molecule has 1 aromatic carbocycles. The summed E-state index contributed by atoms with van der Waals surface area (Å²) in [7, 11) is 3.22. The summed E-state index contributed by atoms with van der Waals surface area (Å²) in [4.78, 5) is 12.8. The smallest absolute Gasteiger partial charge is 0.383 e. The Morgan fingerprint density at radius 3 is 2.55 bits per heavy atom.